The average Bonchev–Trinajstić information content (AvgIpc) is 2.41. The SMILES string of the molecule is O=C(CCNc1cccc(F)c1)Nc1ccc(F)cc1. The number of halogens is 2. The summed E-state index contributed by atoms with van der Waals surface area (Å²) < 4.78 is 25.6. The normalized spacial score (nSPS) is 10.1. The van der Waals surface area contributed by atoms with Crippen molar-refractivity contribution in [3.8, 4) is 0 Å². The van der Waals surface area contributed by atoms with Gasteiger partial charge in [-0.1, -0.05) is 6.07 Å². The molecule has 0 bridgehead atoms. The second-order valence-electron chi connectivity index (χ2n) is 4.24. The van der Waals surface area contributed by atoms with Crippen LogP contribution >= 0.6 is 0 Å². The zero-order chi connectivity index (χ0) is 14.4. The van der Waals surface area contributed by atoms with E-state index in [1.54, 1.807) is 12.1 Å². The quantitative estimate of drug-likeness (QED) is 0.878. The summed E-state index contributed by atoms with van der Waals surface area (Å²) in [4.78, 5) is 11.6. The second-order valence-corrected chi connectivity index (χ2v) is 4.24. The lowest BCUT2D eigenvalue weighted by Gasteiger charge is -2.07. The molecule has 0 aromatic heterocycles. The lowest BCUT2D eigenvalue weighted by Crippen LogP contribution is -2.16. The molecule has 0 saturated heterocycles. The average molecular weight is 276 g/mol. The number of nitrogens with one attached hydrogen (secondary N) is 2. The zero-order valence-corrected chi connectivity index (χ0v) is 10.7. The number of anilines is 2. The molecule has 2 N–H and O–H groups in total. The highest BCUT2D eigenvalue weighted by molar-refractivity contribution is 5.90. The maximum atomic E-state index is 12.9. The molecule has 2 aromatic rings. The van der Waals surface area contributed by atoms with Crippen molar-refractivity contribution in [1.29, 1.82) is 0 Å². The van der Waals surface area contributed by atoms with Gasteiger partial charge in [-0.25, -0.2) is 8.78 Å². The molecular weight excluding hydrogens is 262 g/mol. The topological polar surface area (TPSA) is 41.1 Å². The fraction of sp³-hybridized carbons (Fsp3) is 0.133. The highest BCUT2D eigenvalue weighted by atomic mass is 19.1. The third-order valence-corrected chi connectivity index (χ3v) is 2.63. The maximum absolute atomic E-state index is 12.9. The summed E-state index contributed by atoms with van der Waals surface area (Å²) in [5.41, 5.74) is 1.17. The Morgan fingerprint density at radius 2 is 1.70 bits per heavy atom. The van der Waals surface area contributed by atoms with E-state index in [0.29, 0.717) is 17.9 Å². The van der Waals surface area contributed by atoms with Crippen LogP contribution in [0.3, 0.4) is 0 Å². The molecule has 0 aliphatic rings. The number of hydrogen-bond acceptors (Lipinski definition) is 2. The van der Waals surface area contributed by atoms with Crippen molar-refractivity contribution in [3.05, 3.63) is 60.2 Å². The largest absolute Gasteiger partial charge is 0.384 e. The van der Waals surface area contributed by atoms with Crippen molar-refractivity contribution in [1.82, 2.24) is 0 Å². The highest BCUT2D eigenvalue weighted by Crippen LogP contribution is 2.10. The number of carbonyl (C=O) groups excluding carboxylic acids is 1. The van der Waals surface area contributed by atoms with Gasteiger partial charge < -0.3 is 10.6 Å². The Bertz CT molecular complexity index is 585. The fourth-order valence-corrected chi connectivity index (χ4v) is 1.68. The van der Waals surface area contributed by atoms with E-state index in [1.807, 2.05) is 0 Å². The van der Waals surface area contributed by atoms with Crippen molar-refractivity contribution in [2.45, 2.75) is 6.42 Å². The molecule has 0 aliphatic heterocycles. The molecule has 104 valence electrons. The molecule has 3 nitrogen and oxygen atoms in total. The van der Waals surface area contributed by atoms with Crippen molar-refractivity contribution >= 4 is 17.3 Å². The van der Waals surface area contributed by atoms with Gasteiger partial charge in [-0.3, -0.25) is 4.79 Å². The lowest BCUT2D eigenvalue weighted by molar-refractivity contribution is -0.115. The summed E-state index contributed by atoms with van der Waals surface area (Å²) in [5.74, 6) is -0.873. The van der Waals surface area contributed by atoms with Gasteiger partial charge in [0.25, 0.3) is 0 Å². The fourth-order valence-electron chi connectivity index (χ4n) is 1.68. The van der Waals surface area contributed by atoms with Gasteiger partial charge in [0.1, 0.15) is 11.6 Å². The minimum atomic E-state index is -0.351. The van der Waals surface area contributed by atoms with E-state index in [-0.39, 0.29) is 24.0 Å². The predicted molar refractivity (Wildman–Crippen MR) is 74.5 cm³/mol. The van der Waals surface area contributed by atoms with Crippen LogP contribution in [0.15, 0.2) is 48.5 Å². The van der Waals surface area contributed by atoms with Gasteiger partial charge >= 0.3 is 0 Å². The molecular formula is C15H14F2N2O. The van der Waals surface area contributed by atoms with E-state index >= 15 is 0 Å². The van der Waals surface area contributed by atoms with E-state index in [1.165, 1.54) is 36.4 Å². The zero-order valence-electron chi connectivity index (χ0n) is 10.7. The van der Waals surface area contributed by atoms with Crippen molar-refractivity contribution in [2.75, 3.05) is 17.2 Å². The number of rotatable bonds is 5. The van der Waals surface area contributed by atoms with Gasteiger partial charge in [-0.2, -0.15) is 0 Å². The molecule has 0 heterocycles. The van der Waals surface area contributed by atoms with Crippen LogP contribution in [0.1, 0.15) is 6.42 Å². The van der Waals surface area contributed by atoms with Crippen LogP contribution in [0.25, 0.3) is 0 Å². The van der Waals surface area contributed by atoms with Crippen LogP contribution in [0.5, 0.6) is 0 Å². The number of amides is 1. The molecule has 0 fully saturated rings. The van der Waals surface area contributed by atoms with Crippen molar-refractivity contribution in [3.63, 3.8) is 0 Å². The Hall–Kier alpha value is -2.43. The van der Waals surface area contributed by atoms with E-state index < -0.39 is 0 Å². The van der Waals surface area contributed by atoms with E-state index in [9.17, 15) is 13.6 Å². The van der Waals surface area contributed by atoms with Gasteiger partial charge in [0, 0.05) is 24.3 Å². The molecule has 20 heavy (non-hydrogen) atoms. The number of benzene rings is 2. The molecule has 5 heteroatoms. The first-order chi connectivity index (χ1) is 9.63. The summed E-state index contributed by atoms with van der Waals surface area (Å²) in [5, 5.41) is 5.60. The Balaban J connectivity index is 1.76. The molecule has 2 aromatic carbocycles. The summed E-state index contributed by atoms with van der Waals surface area (Å²) in [6.45, 7) is 0.385. The predicted octanol–water partition coefficient (Wildman–Crippen LogP) is 3.41. The van der Waals surface area contributed by atoms with Crippen LogP contribution < -0.4 is 10.6 Å². The molecule has 2 rings (SSSR count). The molecule has 0 saturated carbocycles. The Morgan fingerprint density at radius 3 is 2.40 bits per heavy atom. The van der Waals surface area contributed by atoms with E-state index in [0.717, 1.165) is 0 Å². The Kier molecular flexibility index (Phi) is 4.65. The van der Waals surface area contributed by atoms with Crippen LogP contribution in [0, 0.1) is 11.6 Å². The molecule has 0 atom stereocenters. The summed E-state index contributed by atoms with van der Waals surface area (Å²) in [7, 11) is 0. The van der Waals surface area contributed by atoms with E-state index in [4.69, 9.17) is 0 Å². The Morgan fingerprint density at radius 1 is 0.950 bits per heavy atom. The van der Waals surface area contributed by atoms with Gasteiger partial charge in [-0.15, -0.1) is 0 Å². The second kappa shape index (κ2) is 6.65. The number of carbonyl (C=O) groups is 1. The number of hydrogen-bond donors (Lipinski definition) is 2. The van der Waals surface area contributed by atoms with E-state index in [2.05, 4.69) is 10.6 Å². The third kappa shape index (κ3) is 4.35. The van der Waals surface area contributed by atoms with Gasteiger partial charge in [0.2, 0.25) is 5.91 Å². The third-order valence-electron chi connectivity index (χ3n) is 2.63. The molecule has 0 radical (unpaired) electrons. The van der Waals surface area contributed by atoms with Crippen LogP contribution in [-0.2, 0) is 4.79 Å². The minimum Gasteiger partial charge on any atom is -0.384 e. The minimum absolute atomic E-state index is 0.194. The molecule has 1 amide bonds. The smallest absolute Gasteiger partial charge is 0.226 e. The highest BCUT2D eigenvalue weighted by Gasteiger charge is 2.02. The first-order valence-corrected chi connectivity index (χ1v) is 6.18. The van der Waals surface area contributed by atoms with Gasteiger partial charge in [-0.05, 0) is 42.5 Å². The van der Waals surface area contributed by atoms with Gasteiger partial charge in [0.05, 0.1) is 0 Å². The van der Waals surface area contributed by atoms with Crippen LogP contribution in [0.2, 0.25) is 0 Å². The lowest BCUT2D eigenvalue weighted by atomic mass is 10.3. The molecule has 0 spiro atoms. The van der Waals surface area contributed by atoms with Crippen molar-refractivity contribution in [2.24, 2.45) is 0 Å². The van der Waals surface area contributed by atoms with Crippen LogP contribution in [-0.4, -0.2) is 12.5 Å². The van der Waals surface area contributed by atoms with Crippen LogP contribution in [0.4, 0.5) is 20.2 Å². The molecule has 0 unspecified atom stereocenters. The van der Waals surface area contributed by atoms with Gasteiger partial charge in [0.15, 0.2) is 0 Å². The summed E-state index contributed by atoms with van der Waals surface area (Å²) in [6.07, 6.45) is 0.230. The summed E-state index contributed by atoms with van der Waals surface area (Å²) in [6, 6.07) is 11.6. The van der Waals surface area contributed by atoms with Crippen molar-refractivity contribution < 1.29 is 13.6 Å². The maximum Gasteiger partial charge on any atom is 0.226 e. The molecule has 0 aliphatic carbocycles. The first-order valence-electron chi connectivity index (χ1n) is 6.18. The summed E-state index contributed by atoms with van der Waals surface area (Å²) >= 11 is 0. The standard InChI is InChI=1S/C15H14F2N2O/c16-11-4-6-13(7-5-11)19-15(20)8-9-18-14-3-1-2-12(17)10-14/h1-7,10,18H,8-9H2,(H,19,20). The monoisotopic (exact) mass is 276 g/mol. The Labute approximate surface area is 115 Å². The first kappa shape index (κ1) is 14.0.